The molecule has 4 nitrogen and oxygen atoms in total. The van der Waals surface area contributed by atoms with E-state index in [-0.39, 0.29) is 11.9 Å². The Kier molecular flexibility index (Phi) is 3.66. The fourth-order valence-corrected chi connectivity index (χ4v) is 2.27. The first-order chi connectivity index (χ1) is 7.74. The highest BCUT2D eigenvalue weighted by atomic mass is 79.9. The van der Waals surface area contributed by atoms with Crippen LogP contribution in [-0.4, -0.2) is 36.6 Å². The van der Waals surface area contributed by atoms with Crippen LogP contribution in [0.15, 0.2) is 21.4 Å². The summed E-state index contributed by atoms with van der Waals surface area (Å²) in [6.45, 7) is 3.94. The van der Waals surface area contributed by atoms with Gasteiger partial charge in [0.05, 0.1) is 31.1 Å². The number of nitrogens with zero attached hydrogens (tertiary/aromatic N) is 1. The number of morpholine rings is 1. The van der Waals surface area contributed by atoms with Gasteiger partial charge in [0, 0.05) is 6.54 Å². The van der Waals surface area contributed by atoms with Crippen molar-refractivity contribution in [3.8, 4) is 0 Å². The van der Waals surface area contributed by atoms with Gasteiger partial charge in [0.15, 0.2) is 4.67 Å². The minimum absolute atomic E-state index is 0.00998. The van der Waals surface area contributed by atoms with Gasteiger partial charge in [-0.15, -0.1) is 0 Å². The van der Waals surface area contributed by atoms with Gasteiger partial charge in [0.1, 0.15) is 0 Å². The third kappa shape index (κ3) is 2.15. The van der Waals surface area contributed by atoms with Gasteiger partial charge < -0.3 is 14.1 Å². The maximum atomic E-state index is 12.2. The third-order valence-corrected chi connectivity index (χ3v) is 3.42. The SMILES string of the molecule is CCC1COCCN1C(=O)c1ccoc1Br. The van der Waals surface area contributed by atoms with Crippen LogP contribution in [0.5, 0.6) is 0 Å². The first-order valence-corrected chi connectivity index (χ1v) is 6.15. The molecule has 0 radical (unpaired) electrons. The molecule has 2 heterocycles. The van der Waals surface area contributed by atoms with E-state index in [1.54, 1.807) is 6.07 Å². The molecule has 0 aromatic carbocycles. The van der Waals surface area contributed by atoms with Crippen LogP contribution in [0.3, 0.4) is 0 Å². The molecule has 5 heteroatoms. The lowest BCUT2D eigenvalue weighted by Gasteiger charge is -2.34. The molecular formula is C11H14BrNO3. The molecule has 0 bridgehead atoms. The van der Waals surface area contributed by atoms with Gasteiger partial charge in [-0.2, -0.15) is 0 Å². The van der Waals surface area contributed by atoms with Crippen molar-refractivity contribution < 1.29 is 13.9 Å². The van der Waals surface area contributed by atoms with Crippen molar-refractivity contribution in [2.75, 3.05) is 19.8 Å². The first kappa shape index (κ1) is 11.7. The van der Waals surface area contributed by atoms with Crippen molar-refractivity contribution in [3.63, 3.8) is 0 Å². The maximum Gasteiger partial charge on any atom is 0.258 e. The zero-order valence-corrected chi connectivity index (χ0v) is 10.7. The zero-order valence-electron chi connectivity index (χ0n) is 9.11. The smallest absolute Gasteiger partial charge is 0.258 e. The number of furan rings is 1. The van der Waals surface area contributed by atoms with Crippen molar-refractivity contribution in [1.29, 1.82) is 0 Å². The van der Waals surface area contributed by atoms with E-state index in [9.17, 15) is 4.79 Å². The molecule has 0 saturated carbocycles. The molecule has 1 saturated heterocycles. The first-order valence-electron chi connectivity index (χ1n) is 5.35. The summed E-state index contributed by atoms with van der Waals surface area (Å²) >= 11 is 3.23. The molecule has 0 aliphatic carbocycles. The van der Waals surface area contributed by atoms with Crippen LogP contribution in [0.1, 0.15) is 23.7 Å². The largest absolute Gasteiger partial charge is 0.457 e. The number of halogens is 1. The number of hydrogen-bond donors (Lipinski definition) is 0. The Labute approximate surface area is 103 Å². The van der Waals surface area contributed by atoms with Crippen LogP contribution >= 0.6 is 15.9 Å². The fraction of sp³-hybridized carbons (Fsp3) is 0.545. The van der Waals surface area contributed by atoms with Gasteiger partial charge in [-0.25, -0.2) is 0 Å². The predicted molar refractivity (Wildman–Crippen MR) is 62.3 cm³/mol. The summed E-state index contributed by atoms with van der Waals surface area (Å²) in [5.41, 5.74) is 0.584. The molecule has 1 atom stereocenters. The highest BCUT2D eigenvalue weighted by molar-refractivity contribution is 9.10. The highest BCUT2D eigenvalue weighted by Gasteiger charge is 2.28. The van der Waals surface area contributed by atoms with Gasteiger partial charge >= 0.3 is 0 Å². The van der Waals surface area contributed by atoms with Crippen molar-refractivity contribution in [3.05, 3.63) is 22.6 Å². The van der Waals surface area contributed by atoms with Crippen LogP contribution < -0.4 is 0 Å². The van der Waals surface area contributed by atoms with Crippen molar-refractivity contribution in [2.24, 2.45) is 0 Å². The summed E-state index contributed by atoms with van der Waals surface area (Å²) in [5.74, 6) is 0.00998. The lowest BCUT2D eigenvalue weighted by molar-refractivity contribution is -0.00289. The van der Waals surface area contributed by atoms with Crippen LogP contribution in [0.4, 0.5) is 0 Å². The van der Waals surface area contributed by atoms with E-state index < -0.39 is 0 Å². The molecule has 1 amide bonds. The summed E-state index contributed by atoms with van der Waals surface area (Å²) in [7, 11) is 0. The second-order valence-electron chi connectivity index (χ2n) is 3.74. The molecule has 1 aromatic rings. The Morgan fingerprint density at radius 3 is 3.12 bits per heavy atom. The van der Waals surface area contributed by atoms with E-state index in [0.717, 1.165) is 6.42 Å². The molecule has 0 spiro atoms. The maximum absolute atomic E-state index is 12.2. The second-order valence-corrected chi connectivity index (χ2v) is 4.46. The van der Waals surface area contributed by atoms with Crippen molar-refractivity contribution in [2.45, 2.75) is 19.4 Å². The average Bonchev–Trinajstić information content (AvgIpc) is 2.74. The number of carbonyl (C=O) groups is 1. The zero-order chi connectivity index (χ0) is 11.5. The molecule has 1 aromatic heterocycles. The van der Waals surface area contributed by atoms with Crippen molar-refractivity contribution >= 4 is 21.8 Å². The third-order valence-electron chi connectivity index (χ3n) is 2.81. The van der Waals surface area contributed by atoms with Gasteiger partial charge in [-0.3, -0.25) is 4.79 Å². The van der Waals surface area contributed by atoms with Gasteiger partial charge in [0.25, 0.3) is 5.91 Å². The Morgan fingerprint density at radius 1 is 1.69 bits per heavy atom. The Bertz CT molecular complexity index is 377. The van der Waals surface area contributed by atoms with Crippen LogP contribution in [-0.2, 0) is 4.74 Å². The molecule has 2 rings (SSSR count). The van der Waals surface area contributed by atoms with Gasteiger partial charge in [0.2, 0.25) is 0 Å². The molecule has 1 unspecified atom stereocenters. The molecular weight excluding hydrogens is 274 g/mol. The van der Waals surface area contributed by atoms with E-state index in [1.807, 2.05) is 4.90 Å². The van der Waals surface area contributed by atoms with E-state index in [0.29, 0.717) is 30.0 Å². The van der Waals surface area contributed by atoms with Gasteiger partial charge in [-0.05, 0) is 28.4 Å². The molecule has 16 heavy (non-hydrogen) atoms. The quantitative estimate of drug-likeness (QED) is 0.838. The van der Waals surface area contributed by atoms with Crippen LogP contribution in [0, 0.1) is 0 Å². The normalized spacial score (nSPS) is 21.1. The molecule has 1 aliphatic rings. The minimum atomic E-state index is 0.00998. The second kappa shape index (κ2) is 5.01. The minimum Gasteiger partial charge on any atom is -0.457 e. The van der Waals surface area contributed by atoms with Gasteiger partial charge in [-0.1, -0.05) is 6.92 Å². The van der Waals surface area contributed by atoms with E-state index >= 15 is 0 Å². The topological polar surface area (TPSA) is 42.7 Å². The number of ether oxygens (including phenoxy) is 1. The predicted octanol–water partition coefficient (Wildman–Crippen LogP) is 2.29. The summed E-state index contributed by atoms with van der Waals surface area (Å²) in [5, 5.41) is 0. The van der Waals surface area contributed by atoms with E-state index in [1.165, 1.54) is 6.26 Å². The number of carbonyl (C=O) groups excluding carboxylic acids is 1. The van der Waals surface area contributed by atoms with Crippen molar-refractivity contribution in [1.82, 2.24) is 4.90 Å². The summed E-state index contributed by atoms with van der Waals surface area (Å²) in [4.78, 5) is 14.1. The average molecular weight is 288 g/mol. The van der Waals surface area contributed by atoms with E-state index in [2.05, 4.69) is 22.9 Å². The summed E-state index contributed by atoms with van der Waals surface area (Å²) in [6, 6.07) is 1.86. The Hall–Kier alpha value is -0.810. The molecule has 1 aliphatic heterocycles. The number of amides is 1. The molecule has 88 valence electrons. The van der Waals surface area contributed by atoms with Crippen LogP contribution in [0.2, 0.25) is 0 Å². The number of hydrogen-bond acceptors (Lipinski definition) is 3. The van der Waals surface area contributed by atoms with Crippen LogP contribution in [0.25, 0.3) is 0 Å². The standard InChI is InChI=1S/C11H14BrNO3/c1-2-8-7-15-6-4-13(8)11(14)9-3-5-16-10(9)12/h3,5,8H,2,4,6-7H2,1H3. The highest BCUT2D eigenvalue weighted by Crippen LogP contribution is 2.22. The lowest BCUT2D eigenvalue weighted by Crippen LogP contribution is -2.48. The molecule has 0 N–H and O–H groups in total. The monoisotopic (exact) mass is 287 g/mol. The Morgan fingerprint density at radius 2 is 2.50 bits per heavy atom. The molecule has 1 fully saturated rings. The fourth-order valence-electron chi connectivity index (χ4n) is 1.86. The summed E-state index contributed by atoms with van der Waals surface area (Å²) < 4.78 is 11.0. The lowest BCUT2D eigenvalue weighted by atomic mass is 10.1. The Balaban J connectivity index is 2.17. The summed E-state index contributed by atoms with van der Waals surface area (Å²) in [6.07, 6.45) is 2.42. The van der Waals surface area contributed by atoms with E-state index in [4.69, 9.17) is 9.15 Å². The number of rotatable bonds is 2.